The number of alkyl halides is 3. The summed E-state index contributed by atoms with van der Waals surface area (Å²) in [7, 11) is 0. The van der Waals surface area contributed by atoms with Crippen LogP contribution in [-0.2, 0) is 14.4 Å². The van der Waals surface area contributed by atoms with Gasteiger partial charge in [0.15, 0.2) is 0 Å². The molecule has 0 aromatic carbocycles. The highest BCUT2D eigenvalue weighted by atomic mass is 19.4. The van der Waals surface area contributed by atoms with Crippen LogP contribution in [0.3, 0.4) is 0 Å². The highest BCUT2D eigenvalue weighted by molar-refractivity contribution is 5.87. The number of nitrogens with one attached hydrogen (secondary N) is 2. The molecular formula is C19H34F3N5O3. The van der Waals surface area contributed by atoms with Crippen LogP contribution in [0.4, 0.5) is 13.2 Å². The van der Waals surface area contributed by atoms with E-state index in [2.05, 4.69) is 26.1 Å². The van der Waals surface area contributed by atoms with Crippen molar-refractivity contribution in [2.24, 2.45) is 23.0 Å². The van der Waals surface area contributed by atoms with Crippen molar-refractivity contribution in [2.75, 3.05) is 26.2 Å². The van der Waals surface area contributed by atoms with Crippen LogP contribution in [-0.4, -0.2) is 61.5 Å². The third kappa shape index (κ3) is 13.0. The van der Waals surface area contributed by atoms with Gasteiger partial charge in [0, 0.05) is 19.6 Å². The molecule has 4 N–H and O–H groups in total. The predicted octanol–water partition coefficient (Wildman–Crippen LogP) is 1.41. The Morgan fingerprint density at radius 2 is 1.83 bits per heavy atom. The van der Waals surface area contributed by atoms with Crippen LogP contribution in [0.2, 0.25) is 0 Å². The van der Waals surface area contributed by atoms with E-state index in [1.807, 2.05) is 20.8 Å². The van der Waals surface area contributed by atoms with Crippen LogP contribution in [0.25, 0.3) is 0 Å². The Morgan fingerprint density at radius 3 is 2.10 bits per heavy atom. The molecule has 2 atom stereocenters. The van der Waals surface area contributed by atoms with E-state index in [4.69, 9.17) is 11.0 Å². The van der Waals surface area contributed by atoms with Gasteiger partial charge in [-0.2, -0.15) is 18.4 Å². The second-order valence-electron chi connectivity index (χ2n) is 8.28. The van der Waals surface area contributed by atoms with E-state index in [1.165, 1.54) is 4.90 Å². The first-order valence-corrected chi connectivity index (χ1v) is 9.54. The van der Waals surface area contributed by atoms with Gasteiger partial charge in [0.25, 0.3) is 0 Å². The van der Waals surface area contributed by atoms with E-state index in [9.17, 15) is 27.6 Å². The summed E-state index contributed by atoms with van der Waals surface area (Å²) in [6.07, 6.45) is -4.49. The molecule has 1 saturated heterocycles. The molecule has 1 heterocycles. The Hall–Kier alpha value is -2.35. The van der Waals surface area contributed by atoms with E-state index < -0.39 is 30.6 Å². The molecule has 11 heteroatoms. The minimum absolute atomic E-state index is 0.0519. The summed E-state index contributed by atoms with van der Waals surface area (Å²) in [5.74, 6) is -1.45. The molecule has 1 rings (SSSR count). The molecule has 0 aromatic rings. The van der Waals surface area contributed by atoms with Gasteiger partial charge in [0.1, 0.15) is 6.04 Å². The van der Waals surface area contributed by atoms with Gasteiger partial charge in [-0.05, 0) is 17.3 Å². The number of rotatable bonds is 5. The van der Waals surface area contributed by atoms with Gasteiger partial charge in [-0.3, -0.25) is 14.4 Å². The molecule has 1 fully saturated rings. The zero-order valence-corrected chi connectivity index (χ0v) is 18.5. The fourth-order valence-electron chi connectivity index (χ4n) is 2.09. The highest BCUT2D eigenvalue weighted by Crippen LogP contribution is 2.34. The lowest BCUT2D eigenvalue weighted by atomic mass is 9.84. The lowest BCUT2D eigenvalue weighted by Gasteiger charge is -2.22. The Morgan fingerprint density at radius 1 is 1.33 bits per heavy atom. The average molecular weight is 438 g/mol. The Kier molecular flexibility index (Phi) is 13.7. The van der Waals surface area contributed by atoms with E-state index in [0.29, 0.717) is 19.5 Å². The number of carbonyl (C=O) groups is 3. The number of halogens is 3. The summed E-state index contributed by atoms with van der Waals surface area (Å²) >= 11 is 0. The van der Waals surface area contributed by atoms with Crippen LogP contribution in [0.15, 0.2) is 0 Å². The largest absolute Gasteiger partial charge is 0.471 e. The average Bonchev–Trinajstić information content (AvgIpc) is 2.89. The van der Waals surface area contributed by atoms with Gasteiger partial charge < -0.3 is 21.3 Å². The third-order valence-electron chi connectivity index (χ3n) is 4.10. The smallest absolute Gasteiger partial charge is 0.342 e. The lowest BCUT2D eigenvalue weighted by Crippen LogP contribution is -2.44. The van der Waals surface area contributed by atoms with Gasteiger partial charge >= 0.3 is 12.1 Å². The van der Waals surface area contributed by atoms with Crippen LogP contribution in [0.5, 0.6) is 0 Å². The molecule has 30 heavy (non-hydrogen) atoms. The maximum absolute atomic E-state index is 11.9. The normalized spacial score (nSPS) is 18.1. The monoisotopic (exact) mass is 437 g/mol. The number of hydrogen-bond acceptors (Lipinski definition) is 5. The van der Waals surface area contributed by atoms with Crippen molar-refractivity contribution in [3.05, 3.63) is 0 Å². The Bertz CT molecular complexity index is 586. The number of hydrogen-bond donors (Lipinski definition) is 3. The van der Waals surface area contributed by atoms with Gasteiger partial charge in [-0.1, -0.05) is 41.5 Å². The van der Waals surface area contributed by atoms with Crippen molar-refractivity contribution < 1.29 is 27.6 Å². The summed E-state index contributed by atoms with van der Waals surface area (Å²) < 4.78 is 35.8. The van der Waals surface area contributed by atoms with Crippen molar-refractivity contribution in [1.29, 1.82) is 5.26 Å². The quantitative estimate of drug-likeness (QED) is 0.560. The van der Waals surface area contributed by atoms with Gasteiger partial charge in [0.05, 0.1) is 12.6 Å². The molecule has 1 unspecified atom stereocenters. The van der Waals surface area contributed by atoms with E-state index in [0.717, 1.165) is 5.92 Å². The first-order chi connectivity index (χ1) is 13.6. The van der Waals surface area contributed by atoms with Crippen LogP contribution < -0.4 is 16.4 Å². The Labute approximate surface area is 176 Å². The molecule has 174 valence electrons. The number of nitrogens with two attached hydrogens (primary N) is 1. The van der Waals surface area contributed by atoms with Crippen molar-refractivity contribution >= 4 is 18.2 Å². The summed E-state index contributed by atoms with van der Waals surface area (Å²) in [6, 6.07) is 1.25. The number of nitriles is 1. The molecular weight excluding hydrogens is 403 g/mol. The second kappa shape index (κ2) is 13.8. The summed E-state index contributed by atoms with van der Waals surface area (Å²) in [5.41, 5.74) is 4.97. The third-order valence-corrected chi connectivity index (χ3v) is 4.10. The maximum Gasteiger partial charge on any atom is 0.471 e. The van der Waals surface area contributed by atoms with Crippen LogP contribution in [0.1, 0.15) is 41.5 Å². The van der Waals surface area contributed by atoms with Crippen molar-refractivity contribution in [3.8, 4) is 6.07 Å². The number of carbonyl (C=O) groups excluding carboxylic acids is 3. The molecule has 0 saturated carbocycles. The van der Waals surface area contributed by atoms with Crippen molar-refractivity contribution in [3.63, 3.8) is 0 Å². The van der Waals surface area contributed by atoms with Crippen molar-refractivity contribution in [1.82, 2.24) is 15.5 Å². The highest BCUT2D eigenvalue weighted by Gasteiger charge is 2.41. The maximum atomic E-state index is 11.9. The zero-order valence-electron chi connectivity index (χ0n) is 18.5. The molecule has 3 amide bonds. The molecule has 1 aliphatic rings. The minimum atomic E-state index is -4.95. The van der Waals surface area contributed by atoms with Gasteiger partial charge in [-0.25, -0.2) is 0 Å². The van der Waals surface area contributed by atoms with Crippen LogP contribution >= 0.6 is 0 Å². The minimum Gasteiger partial charge on any atom is -0.342 e. The fraction of sp³-hybridized carbons (Fsp3) is 0.789. The number of nitrogens with zero attached hydrogens (tertiary/aromatic N) is 2. The van der Waals surface area contributed by atoms with E-state index in [1.54, 1.807) is 11.4 Å². The zero-order chi connectivity index (χ0) is 24.1. The molecule has 0 aromatic heterocycles. The topological polar surface area (TPSA) is 128 Å². The molecule has 0 aliphatic carbocycles. The van der Waals surface area contributed by atoms with E-state index >= 15 is 0 Å². The summed E-state index contributed by atoms with van der Waals surface area (Å²) in [5, 5.41) is 11.9. The molecule has 0 radical (unpaired) electrons. The summed E-state index contributed by atoms with van der Waals surface area (Å²) in [4.78, 5) is 33.3. The first kappa shape index (κ1) is 29.8. The molecule has 0 bridgehead atoms. The fourth-order valence-corrected chi connectivity index (χ4v) is 2.09. The number of likely N-dealkylation sites (tertiary alicyclic amines) is 1. The standard InChI is InChI=1S/C11H17F3N2O2.C4H7N3O.C4H10/c1-7-5-16(6-10(7,2)3)8(17)4-15-9(18)11(12,13)14;5-1-4(2-6)7-3-8;1-4(2)3/h7H,4-6H2,1-3H3,(H,15,18);3-4H,1,5H2,(H,7,8);4H,1-3H3/t7-;;/m0../s1. The predicted molar refractivity (Wildman–Crippen MR) is 107 cm³/mol. The Balaban J connectivity index is 0. The lowest BCUT2D eigenvalue weighted by molar-refractivity contribution is -0.174. The van der Waals surface area contributed by atoms with E-state index in [-0.39, 0.29) is 17.9 Å². The van der Waals surface area contributed by atoms with Gasteiger partial charge in [-0.15, -0.1) is 0 Å². The second-order valence-corrected chi connectivity index (χ2v) is 8.28. The van der Waals surface area contributed by atoms with Crippen LogP contribution in [0, 0.1) is 28.6 Å². The summed E-state index contributed by atoms with van der Waals surface area (Å²) in [6.45, 7) is 13.0. The molecule has 8 nitrogen and oxygen atoms in total. The number of amides is 3. The molecule has 0 spiro atoms. The first-order valence-electron chi connectivity index (χ1n) is 9.54. The SMILES string of the molecule is CC(C)C.C[C@H]1CN(C(=O)CNC(=O)C(F)(F)F)CC1(C)C.N#CC(CN)NC=O. The van der Waals surface area contributed by atoms with Crippen molar-refractivity contribution in [2.45, 2.75) is 53.8 Å². The molecule has 1 aliphatic heterocycles. The van der Waals surface area contributed by atoms with Gasteiger partial charge in [0.2, 0.25) is 12.3 Å².